The summed E-state index contributed by atoms with van der Waals surface area (Å²) in [4.78, 5) is 16.9. The predicted molar refractivity (Wildman–Crippen MR) is 74.0 cm³/mol. The van der Waals surface area contributed by atoms with Crippen LogP contribution in [0.3, 0.4) is 0 Å². The van der Waals surface area contributed by atoms with E-state index in [-0.39, 0.29) is 5.56 Å². The van der Waals surface area contributed by atoms with Gasteiger partial charge in [0.2, 0.25) is 0 Å². The summed E-state index contributed by atoms with van der Waals surface area (Å²) in [6.45, 7) is 1.07. The number of anilines is 1. The number of fused-ring (bicyclic) bond motifs is 1. The molecule has 8 heteroatoms. The molecule has 3 heterocycles. The van der Waals surface area contributed by atoms with Gasteiger partial charge >= 0.3 is 0 Å². The highest BCUT2D eigenvalue weighted by molar-refractivity contribution is 5.84. The van der Waals surface area contributed by atoms with Gasteiger partial charge in [-0.15, -0.1) is 0 Å². The maximum Gasteiger partial charge on any atom is 0.258 e. The molecule has 6 nitrogen and oxygen atoms in total. The lowest BCUT2D eigenvalue weighted by Gasteiger charge is -2.20. The Bertz CT molecular complexity index is 745. The van der Waals surface area contributed by atoms with E-state index in [9.17, 15) is 18.7 Å². The Morgan fingerprint density at radius 1 is 1.30 bits per heavy atom. The fraction of sp³-hybridized carbons (Fsp3) is 0.400. The van der Waals surface area contributed by atoms with Gasteiger partial charge in [-0.05, 0) is 11.6 Å². The molecule has 0 bridgehead atoms. The fourth-order valence-corrected chi connectivity index (χ4v) is 3.13. The van der Waals surface area contributed by atoms with Crippen LogP contribution in [0.4, 0.5) is 14.6 Å². The minimum atomic E-state index is -2.49. The summed E-state index contributed by atoms with van der Waals surface area (Å²) in [5, 5.41) is 14.6. The molecule has 2 aromatic rings. The third-order valence-corrected chi connectivity index (χ3v) is 4.55. The number of carbonyl (C=O) groups excluding carboxylic acids is 1. The highest BCUT2D eigenvalue weighted by atomic mass is 19.3. The van der Waals surface area contributed by atoms with Crippen LogP contribution in [-0.4, -0.2) is 39.7 Å². The van der Waals surface area contributed by atoms with Crippen LogP contribution < -0.4 is 10.0 Å². The van der Waals surface area contributed by atoms with Crippen molar-refractivity contribution in [2.75, 3.05) is 18.0 Å². The quantitative estimate of drug-likeness (QED) is 0.815. The van der Waals surface area contributed by atoms with Crippen LogP contribution in [0.1, 0.15) is 15.9 Å². The molecule has 4 rings (SSSR count). The zero-order valence-corrected chi connectivity index (χ0v) is 12.0. The summed E-state index contributed by atoms with van der Waals surface area (Å²) in [6.07, 6.45) is 4.27. The molecule has 0 N–H and O–H groups in total. The fourth-order valence-electron chi connectivity index (χ4n) is 3.13. The van der Waals surface area contributed by atoms with Crippen molar-refractivity contribution in [3.63, 3.8) is 0 Å². The van der Waals surface area contributed by atoms with E-state index in [1.165, 1.54) is 17.1 Å². The van der Waals surface area contributed by atoms with Gasteiger partial charge in [0, 0.05) is 31.0 Å². The minimum absolute atomic E-state index is 0.0202. The summed E-state index contributed by atoms with van der Waals surface area (Å²) in [5.41, 5.74) is 0.864. The molecule has 2 aliphatic rings. The maximum absolute atomic E-state index is 13.2. The lowest BCUT2D eigenvalue weighted by molar-refractivity contribution is -0.255. The lowest BCUT2D eigenvalue weighted by atomic mass is 10.2. The number of piperidine rings is 1. The summed E-state index contributed by atoms with van der Waals surface area (Å²) < 4.78 is 27.9. The molecular weight excluding hydrogens is 306 g/mol. The molecule has 120 valence electrons. The molecule has 23 heavy (non-hydrogen) atoms. The van der Waals surface area contributed by atoms with Crippen LogP contribution in [0.5, 0.6) is 0 Å². The third kappa shape index (κ3) is 2.34. The first-order valence-electron chi connectivity index (χ1n) is 7.26. The number of hydrogen-bond donors (Lipinski definition) is 0. The van der Waals surface area contributed by atoms with Gasteiger partial charge in [-0.3, -0.25) is 4.68 Å². The molecule has 0 amide bonds. The highest BCUT2D eigenvalue weighted by Gasteiger charge is 2.71. The van der Waals surface area contributed by atoms with Crippen LogP contribution >= 0.6 is 0 Å². The van der Waals surface area contributed by atoms with Crippen molar-refractivity contribution in [1.82, 2.24) is 14.8 Å². The van der Waals surface area contributed by atoms with Crippen molar-refractivity contribution in [3.8, 4) is 0 Å². The Morgan fingerprint density at radius 2 is 2.04 bits per heavy atom. The Hall–Kier alpha value is -2.51. The largest absolute Gasteiger partial charge is 0.545 e. The number of rotatable bonds is 4. The van der Waals surface area contributed by atoms with Crippen LogP contribution in [0, 0.1) is 11.8 Å². The Labute approximate surface area is 130 Å². The zero-order valence-electron chi connectivity index (χ0n) is 12.0. The number of alkyl halides is 2. The minimum Gasteiger partial charge on any atom is -0.545 e. The van der Waals surface area contributed by atoms with Crippen molar-refractivity contribution in [1.29, 1.82) is 0 Å². The van der Waals surface area contributed by atoms with E-state index in [4.69, 9.17) is 0 Å². The second-order valence-corrected chi connectivity index (χ2v) is 6.03. The molecule has 2 fully saturated rings. The van der Waals surface area contributed by atoms with Gasteiger partial charge in [-0.1, -0.05) is 6.07 Å². The highest BCUT2D eigenvalue weighted by Crippen LogP contribution is 2.59. The van der Waals surface area contributed by atoms with Crippen molar-refractivity contribution in [3.05, 3.63) is 41.9 Å². The van der Waals surface area contributed by atoms with Gasteiger partial charge in [0.1, 0.15) is 5.82 Å². The lowest BCUT2D eigenvalue weighted by Crippen LogP contribution is -2.28. The smallest absolute Gasteiger partial charge is 0.258 e. The number of carboxylic acids is 1. The first kappa shape index (κ1) is 14.1. The second kappa shape index (κ2) is 4.74. The number of carboxylic acid groups (broad SMARTS) is 1. The first-order chi connectivity index (χ1) is 10.9. The summed E-state index contributed by atoms with van der Waals surface area (Å²) >= 11 is 0. The molecule has 0 radical (unpaired) electrons. The van der Waals surface area contributed by atoms with Crippen molar-refractivity contribution in [2.24, 2.45) is 11.8 Å². The Kier molecular flexibility index (Phi) is 2.91. The number of aromatic nitrogens is 3. The number of pyridine rings is 1. The van der Waals surface area contributed by atoms with Gasteiger partial charge in [-0.25, -0.2) is 13.8 Å². The molecule has 1 aliphatic carbocycles. The SMILES string of the molecule is O=C([O-])c1cnn(Cc2ccc(N3CC4C(C3)C4(F)F)nc2)c1. The number of carbonyl (C=O) groups is 1. The maximum atomic E-state index is 13.2. The zero-order chi connectivity index (χ0) is 16.2. The van der Waals surface area contributed by atoms with E-state index >= 15 is 0 Å². The Morgan fingerprint density at radius 3 is 2.61 bits per heavy atom. The predicted octanol–water partition coefficient (Wildman–Crippen LogP) is 0.391. The summed E-state index contributed by atoms with van der Waals surface area (Å²) in [6, 6.07) is 3.63. The molecule has 0 aromatic carbocycles. The first-order valence-corrected chi connectivity index (χ1v) is 7.26. The van der Waals surface area contributed by atoms with Gasteiger partial charge in [0.05, 0.1) is 30.5 Å². The third-order valence-electron chi connectivity index (χ3n) is 4.55. The van der Waals surface area contributed by atoms with E-state index in [0.717, 1.165) is 5.56 Å². The van der Waals surface area contributed by atoms with E-state index < -0.39 is 23.7 Å². The standard InChI is InChI=1S/C15H14F2N4O2/c16-15(17)11-7-20(8-12(11)15)13-2-1-9(3-18-13)5-21-6-10(4-19-21)14(22)23/h1-4,6,11-12H,5,7-8H2,(H,22,23)/p-1. The molecule has 1 saturated heterocycles. The summed E-state index contributed by atoms with van der Waals surface area (Å²) in [5.74, 6) is -4.14. The Balaban J connectivity index is 1.41. The monoisotopic (exact) mass is 319 g/mol. The molecular formula is C15H13F2N4O2-. The molecule has 1 aliphatic heterocycles. The normalized spacial score (nSPS) is 24.5. The number of hydrogen-bond acceptors (Lipinski definition) is 5. The van der Waals surface area contributed by atoms with Gasteiger partial charge in [-0.2, -0.15) is 5.10 Å². The van der Waals surface area contributed by atoms with E-state index in [2.05, 4.69) is 10.1 Å². The van der Waals surface area contributed by atoms with E-state index in [1.54, 1.807) is 12.3 Å². The van der Waals surface area contributed by atoms with Gasteiger partial charge in [0.15, 0.2) is 0 Å². The molecule has 1 saturated carbocycles. The number of aromatic carboxylic acids is 1. The van der Waals surface area contributed by atoms with Crippen molar-refractivity contribution < 1.29 is 18.7 Å². The topological polar surface area (TPSA) is 74.1 Å². The molecule has 2 unspecified atom stereocenters. The summed E-state index contributed by atoms with van der Waals surface area (Å²) in [7, 11) is 0. The van der Waals surface area contributed by atoms with Crippen LogP contribution in [0.15, 0.2) is 30.7 Å². The van der Waals surface area contributed by atoms with E-state index in [0.29, 0.717) is 25.5 Å². The molecule has 2 aromatic heterocycles. The van der Waals surface area contributed by atoms with E-state index in [1.807, 2.05) is 11.0 Å². The number of nitrogens with zero attached hydrogens (tertiary/aromatic N) is 4. The average Bonchev–Trinajstić information content (AvgIpc) is 2.99. The average molecular weight is 319 g/mol. The van der Waals surface area contributed by atoms with Crippen molar-refractivity contribution in [2.45, 2.75) is 12.5 Å². The molecule has 0 spiro atoms. The van der Waals surface area contributed by atoms with Crippen LogP contribution in [-0.2, 0) is 6.54 Å². The second-order valence-electron chi connectivity index (χ2n) is 6.03. The van der Waals surface area contributed by atoms with Crippen molar-refractivity contribution >= 4 is 11.8 Å². The van der Waals surface area contributed by atoms with Crippen LogP contribution in [0.2, 0.25) is 0 Å². The van der Waals surface area contributed by atoms with Crippen LogP contribution in [0.25, 0.3) is 0 Å². The molecule has 2 atom stereocenters. The van der Waals surface area contributed by atoms with Gasteiger partial charge < -0.3 is 14.8 Å². The number of halogens is 2. The van der Waals surface area contributed by atoms with Gasteiger partial charge in [0.25, 0.3) is 5.92 Å².